The van der Waals surface area contributed by atoms with Gasteiger partial charge in [-0.15, -0.1) is 0 Å². The van der Waals surface area contributed by atoms with E-state index in [0.717, 1.165) is 117 Å². The summed E-state index contributed by atoms with van der Waals surface area (Å²) in [7, 11) is 0. The van der Waals surface area contributed by atoms with Gasteiger partial charge in [0.15, 0.2) is 0 Å². The van der Waals surface area contributed by atoms with Crippen LogP contribution in [-0.4, -0.2) is 0 Å². The molecule has 2 aliphatic carbocycles. The Bertz CT molecular complexity index is 4610. The minimum Gasteiger partial charge on any atom is -0.457 e. The normalized spacial score (nSPS) is 15.0. The van der Waals surface area contributed by atoms with Crippen LogP contribution < -0.4 is 14.4 Å². The van der Waals surface area contributed by atoms with Crippen LogP contribution in [0.15, 0.2) is 316 Å². The van der Waals surface area contributed by atoms with E-state index in [4.69, 9.17) is 9.47 Å². The highest BCUT2D eigenvalue weighted by atomic mass is 19.1. The average molecular weight is 1170 g/mol. The molecule has 2 atom stereocenters. The molecule has 2 aliphatic rings. The van der Waals surface area contributed by atoms with E-state index in [2.05, 4.69) is 164 Å². The van der Waals surface area contributed by atoms with Crippen molar-refractivity contribution in [2.75, 3.05) is 4.90 Å². The number of halogens is 3. The second-order valence-electron chi connectivity index (χ2n) is 22.8. The molecule has 15 rings (SSSR count). The number of rotatable bonds is 15. The highest BCUT2D eigenvalue weighted by molar-refractivity contribution is 5.93. The van der Waals surface area contributed by atoms with Gasteiger partial charge in [0, 0.05) is 17.1 Å². The molecular weight excluding hydrogens is 1110 g/mol. The Morgan fingerprint density at radius 1 is 0.278 bits per heavy atom. The lowest BCUT2D eigenvalue weighted by Crippen LogP contribution is -2.29. The second kappa shape index (κ2) is 22.7. The van der Waals surface area contributed by atoms with Gasteiger partial charge in [-0.3, -0.25) is 0 Å². The molecule has 0 N–H and O–H groups in total. The van der Waals surface area contributed by atoms with E-state index in [1.807, 2.05) is 109 Å². The standard InChI is InChI=1S/C84H56F3NO2/c1-3-55-16-42-71(43-17-55)89-73-46-28-63(29-47-73)83(61-24-34-66(86)35-25-61)79-14-7-5-12-75(79)77-50-40-69(53-81(77)83)88(68-38-22-58(23-39-68)60-11-9-10-59(52-60)57-20-32-65(85)33-21-57)70-41-51-78-76-13-6-8-15-80(76)84(82(78)54-70,62-26-36-67(87)37-27-62)64-30-48-74(49-31-64)90-72-44-18-56(4-2)19-45-72/h3-54H,1-2H2. The third-order valence-corrected chi connectivity index (χ3v) is 17.9. The Kier molecular flexibility index (Phi) is 13.9. The maximum Gasteiger partial charge on any atom is 0.127 e. The zero-order chi connectivity index (χ0) is 60.9. The molecule has 0 bridgehead atoms. The Hall–Kier alpha value is -11.5. The molecule has 3 nitrogen and oxygen atoms in total. The van der Waals surface area contributed by atoms with Crippen LogP contribution >= 0.6 is 0 Å². The summed E-state index contributed by atoms with van der Waals surface area (Å²) in [5.74, 6) is 1.81. The van der Waals surface area contributed by atoms with Crippen LogP contribution in [0.25, 0.3) is 56.7 Å². The summed E-state index contributed by atoms with van der Waals surface area (Å²) in [6.07, 6.45) is 3.61. The van der Waals surface area contributed by atoms with E-state index < -0.39 is 10.8 Å². The molecule has 0 amide bonds. The summed E-state index contributed by atoms with van der Waals surface area (Å²) in [5, 5.41) is 0. The van der Waals surface area contributed by atoms with Crippen molar-refractivity contribution >= 4 is 29.2 Å². The maximum absolute atomic E-state index is 15.3. The van der Waals surface area contributed by atoms with Gasteiger partial charge in [-0.2, -0.15) is 0 Å². The molecule has 6 heteroatoms. The Labute approximate surface area is 521 Å². The fraction of sp³-hybridized carbons (Fsp3) is 0.0238. The van der Waals surface area contributed by atoms with Crippen molar-refractivity contribution in [3.05, 3.63) is 390 Å². The lowest BCUT2D eigenvalue weighted by atomic mass is 9.67. The molecule has 0 spiro atoms. The zero-order valence-electron chi connectivity index (χ0n) is 48.8. The van der Waals surface area contributed by atoms with Crippen molar-refractivity contribution < 1.29 is 22.6 Å². The van der Waals surface area contributed by atoms with Crippen LogP contribution in [0.4, 0.5) is 30.2 Å². The third-order valence-electron chi connectivity index (χ3n) is 17.9. The molecule has 0 aliphatic heterocycles. The molecule has 0 fully saturated rings. The van der Waals surface area contributed by atoms with Gasteiger partial charge in [-0.1, -0.05) is 201 Å². The first-order chi connectivity index (χ1) is 44.2. The molecule has 0 radical (unpaired) electrons. The maximum atomic E-state index is 15.3. The molecule has 430 valence electrons. The Morgan fingerprint density at radius 3 is 0.989 bits per heavy atom. The largest absolute Gasteiger partial charge is 0.457 e. The van der Waals surface area contributed by atoms with Gasteiger partial charge in [-0.25, -0.2) is 13.2 Å². The summed E-state index contributed by atoms with van der Waals surface area (Å²) in [6, 6.07) is 100. The Morgan fingerprint density at radius 2 is 0.600 bits per heavy atom. The van der Waals surface area contributed by atoms with Crippen molar-refractivity contribution in [3.63, 3.8) is 0 Å². The smallest absolute Gasteiger partial charge is 0.127 e. The molecule has 0 saturated carbocycles. The molecule has 13 aromatic rings. The number of ether oxygens (including phenoxy) is 2. The number of anilines is 3. The van der Waals surface area contributed by atoms with Crippen LogP contribution in [0.3, 0.4) is 0 Å². The molecule has 13 aromatic carbocycles. The molecular formula is C84H56F3NO2. The van der Waals surface area contributed by atoms with Crippen molar-refractivity contribution in [3.8, 4) is 67.5 Å². The summed E-state index contributed by atoms with van der Waals surface area (Å²) in [6.45, 7) is 7.82. The van der Waals surface area contributed by atoms with E-state index in [1.165, 1.54) is 12.1 Å². The molecule has 0 saturated heterocycles. The zero-order valence-corrected chi connectivity index (χ0v) is 48.8. The molecule has 2 unspecified atom stereocenters. The first-order valence-corrected chi connectivity index (χ1v) is 30.0. The van der Waals surface area contributed by atoms with E-state index in [0.29, 0.717) is 23.0 Å². The summed E-state index contributed by atoms with van der Waals surface area (Å²) >= 11 is 0. The summed E-state index contributed by atoms with van der Waals surface area (Å²) in [4.78, 5) is 2.32. The van der Waals surface area contributed by atoms with E-state index in [9.17, 15) is 4.39 Å². The monoisotopic (exact) mass is 1170 g/mol. The minimum atomic E-state index is -0.924. The van der Waals surface area contributed by atoms with E-state index >= 15 is 8.78 Å². The summed E-state index contributed by atoms with van der Waals surface area (Å²) in [5.41, 5.74) is 18.9. The topological polar surface area (TPSA) is 21.7 Å². The third kappa shape index (κ3) is 9.49. The fourth-order valence-electron chi connectivity index (χ4n) is 13.7. The van der Waals surface area contributed by atoms with Crippen molar-refractivity contribution in [2.24, 2.45) is 0 Å². The predicted molar refractivity (Wildman–Crippen MR) is 360 cm³/mol. The van der Waals surface area contributed by atoms with Gasteiger partial charge >= 0.3 is 0 Å². The number of benzene rings is 13. The number of hydrogen-bond acceptors (Lipinski definition) is 3. The van der Waals surface area contributed by atoms with Gasteiger partial charge in [0.25, 0.3) is 0 Å². The lowest BCUT2D eigenvalue weighted by molar-refractivity contribution is 0.482. The van der Waals surface area contributed by atoms with Crippen LogP contribution in [0.1, 0.15) is 55.6 Å². The average Bonchev–Trinajstić information content (AvgIpc) is 1.53. The van der Waals surface area contributed by atoms with Crippen molar-refractivity contribution in [1.82, 2.24) is 0 Å². The van der Waals surface area contributed by atoms with E-state index in [1.54, 1.807) is 48.6 Å². The minimum absolute atomic E-state index is 0.282. The van der Waals surface area contributed by atoms with E-state index in [-0.39, 0.29) is 17.5 Å². The van der Waals surface area contributed by atoms with Gasteiger partial charge in [0.05, 0.1) is 10.8 Å². The highest BCUT2D eigenvalue weighted by Crippen LogP contribution is 2.60. The highest BCUT2D eigenvalue weighted by Gasteiger charge is 2.48. The van der Waals surface area contributed by atoms with Crippen molar-refractivity contribution in [1.29, 1.82) is 0 Å². The molecule has 0 aromatic heterocycles. The second-order valence-corrected chi connectivity index (χ2v) is 22.8. The number of hydrogen-bond donors (Lipinski definition) is 0. The summed E-state index contributed by atoms with van der Waals surface area (Å²) < 4.78 is 57.6. The van der Waals surface area contributed by atoms with Gasteiger partial charge in [0.2, 0.25) is 0 Å². The SMILES string of the molecule is C=Cc1ccc(Oc2ccc(C3(c4ccc(F)cc4)c4ccccc4-c4ccc(N(c5ccc(-c6cccc(-c7ccc(F)cc7)c6)cc5)c5ccc6c(c5)C(c5ccc(F)cc5)(c5ccc(Oc7ccc(C=C)cc7)cc5)c5ccccc5-6)cc43)cc2)cc1. The molecule has 90 heavy (non-hydrogen) atoms. The predicted octanol–water partition coefficient (Wildman–Crippen LogP) is 22.5. The van der Waals surface area contributed by atoms with Crippen LogP contribution in [0.2, 0.25) is 0 Å². The van der Waals surface area contributed by atoms with Gasteiger partial charge < -0.3 is 14.4 Å². The first-order valence-electron chi connectivity index (χ1n) is 30.0. The van der Waals surface area contributed by atoms with Crippen LogP contribution in [0.5, 0.6) is 23.0 Å². The number of nitrogens with zero attached hydrogens (tertiary/aromatic N) is 1. The Balaban J connectivity index is 0.927. The van der Waals surface area contributed by atoms with Crippen LogP contribution in [0, 0.1) is 17.5 Å². The van der Waals surface area contributed by atoms with Gasteiger partial charge in [0.1, 0.15) is 40.4 Å². The molecule has 0 heterocycles. The number of fused-ring (bicyclic) bond motifs is 6. The lowest BCUT2D eigenvalue weighted by Gasteiger charge is -2.36. The van der Waals surface area contributed by atoms with Crippen LogP contribution in [-0.2, 0) is 10.8 Å². The first kappa shape index (κ1) is 55.1. The fourth-order valence-corrected chi connectivity index (χ4v) is 13.7. The van der Waals surface area contributed by atoms with Gasteiger partial charge in [-0.05, 0) is 228 Å². The quantitative estimate of drug-likeness (QED) is 0.102. The van der Waals surface area contributed by atoms with Crippen molar-refractivity contribution in [2.45, 2.75) is 10.8 Å².